The second-order valence-corrected chi connectivity index (χ2v) is 15.3. The van der Waals surface area contributed by atoms with Gasteiger partial charge in [0.15, 0.2) is 0 Å². The number of carbonyl (C=O) groups excluding carboxylic acids is 4. The molecule has 1 heterocycles. The predicted octanol–water partition coefficient (Wildman–Crippen LogP) is 2.06. The van der Waals surface area contributed by atoms with Crippen molar-refractivity contribution in [1.29, 1.82) is 0 Å². The molecule has 2 aromatic carbocycles. The lowest BCUT2D eigenvalue weighted by Gasteiger charge is -2.52. The van der Waals surface area contributed by atoms with Crippen molar-refractivity contribution in [2.75, 3.05) is 19.6 Å². The molecule has 1 saturated heterocycles. The summed E-state index contributed by atoms with van der Waals surface area (Å²) in [6, 6.07) is 15.2. The van der Waals surface area contributed by atoms with Crippen LogP contribution >= 0.6 is 0 Å². The van der Waals surface area contributed by atoms with Crippen LogP contribution in [0.3, 0.4) is 0 Å². The normalized spacial score (nSPS) is 17.8. The number of nitrogens with zero attached hydrogens (tertiary/aromatic N) is 1. The van der Waals surface area contributed by atoms with E-state index in [2.05, 4.69) is 16.0 Å². The molecule has 2 fully saturated rings. The molecule has 13 heteroatoms. The van der Waals surface area contributed by atoms with Crippen LogP contribution in [0.5, 0.6) is 0 Å². The van der Waals surface area contributed by atoms with E-state index in [-0.39, 0.29) is 29.5 Å². The van der Waals surface area contributed by atoms with Gasteiger partial charge in [0, 0.05) is 19.5 Å². The first kappa shape index (κ1) is 41.0. The molecule has 4 atom stereocenters. The van der Waals surface area contributed by atoms with Gasteiger partial charge in [-0.1, -0.05) is 74.5 Å². The van der Waals surface area contributed by atoms with Crippen molar-refractivity contribution in [1.82, 2.24) is 20.9 Å². The summed E-state index contributed by atoms with van der Waals surface area (Å²) in [5.41, 5.74) is 13.8. The number of rotatable bonds is 19. The van der Waals surface area contributed by atoms with Gasteiger partial charge in [-0.2, -0.15) is 0 Å². The Morgan fingerprint density at radius 2 is 1.31 bits per heavy atom. The predicted molar refractivity (Wildman–Crippen MR) is 202 cm³/mol. The fourth-order valence-corrected chi connectivity index (χ4v) is 7.46. The summed E-state index contributed by atoms with van der Waals surface area (Å²) >= 11 is 0. The minimum absolute atomic E-state index is 0.0346. The maximum atomic E-state index is 14.0. The number of hydrogen-bond acceptors (Lipinski definition) is 8. The number of carbonyl (C=O) groups is 4. The van der Waals surface area contributed by atoms with Crippen molar-refractivity contribution in [3.63, 3.8) is 0 Å². The summed E-state index contributed by atoms with van der Waals surface area (Å²) < 4.78 is 0. The van der Waals surface area contributed by atoms with E-state index in [1.54, 1.807) is 4.90 Å². The van der Waals surface area contributed by atoms with Crippen molar-refractivity contribution in [2.45, 2.75) is 114 Å². The number of nitrogens with one attached hydrogen (secondary N) is 3. The van der Waals surface area contributed by atoms with Crippen LogP contribution in [0.1, 0.15) is 82.8 Å². The van der Waals surface area contributed by atoms with E-state index in [1.165, 1.54) is 0 Å². The minimum atomic E-state index is -1.31. The SMILES string of the molecule is CC(C)CC[C@@H](NC(=O)[C@@H](Cc1ccccc1)NC(=O)[C@H](N)Cc1ccccc1)C(=O)N[C@H](CCCCN)C(=O)N1CCC2(CC1)CC(B(O)O)C2. The van der Waals surface area contributed by atoms with E-state index >= 15 is 0 Å². The van der Waals surface area contributed by atoms with E-state index in [9.17, 15) is 29.2 Å². The molecule has 1 aliphatic carbocycles. The lowest BCUT2D eigenvalue weighted by Crippen LogP contribution is -2.59. The van der Waals surface area contributed by atoms with Gasteiger partial charge in [-0.25, -0.2) is 0 Å². The molecule has 2 aromatic rings. The van der Waals surface area contributed by atoms with Crippen molar-refractivity contribution >= 4 is 30.7 Å². The van der Waals surface area contributed by atoms with Crippen LogP contribution in [0, 0.1) is 11.3 Å². The van der Waals surface area contributed by atoms with E-state index in [0.717, 1.165) is 36.8 Å². The van der Waals surface area contributed by atoms with Crippen molar-refractivity contribution in [3.8, 4) is 0 Å². The highest BCUT2D eigenvalue weighted by Gasteiger charge is 2.50. The number of piperidine rings is 1. The van der Waals surface area contributed by atoms with Gasteiger partial charge in [0.05, 0.1) is 6.04 Å². The Kier molecular flexibility index (Phi) is 15.7. The van der Waals surface area contributed by atoms with Gasteiger partial charge in [-0.15, -0.1) is 0 Å². The quantitative estimate of drug-likeness (QED) is 0.0846. The van der Waals surface area contributed by atoms with Gasteiger partial charge in [0.2, 0.25) is 23.6 Å². The third-order valence-corrected chi connectivity index (χ3v) is 10.7. The lowest BCUT2D eigenvalue weighted by molar-refractivity contribution is -0.140. The monoisotopic (exact) mass is 718 g/mol. The lowest BCUT2D eigenvalue weighted by atomic mass is 9.47. The Bertz CT molecular complexity index is 1430. The molecule has 9 N–H and O–H groups in total. The first-order valence-electron chi connectivity index (χ1n) is 19.0. The van der Waals surface area contributed by atoms with Gasteiger partial charge < -0.3 is 42.4 Å². The van der Waals surface area contributed by atoms with E-state index in [0.29, 0.717) is 58.2 Å². The highest BCUT2D eigenvalue weighted by Crippen LogP contribution is 2.56. The Labute approximate surface area is 309 Å². The minimum Gasteiger partial charge on any atom is -0.427 e. The highest BCUT2D eigenvalue weighted by atomic mass is 16.4. The van der Waals surface area contributed by atoms with Crippen LogP contribution in [0.25, 0.3) is 0 Å². The number of unbranched alkanes of at least 4 members (excludes halogenated alkanes) is 1. The molecule has 4 amide bonds. The molecule has 0 aromatic heterocycles. The number of hydrogen-bond donors (Lipinski definition) is 7. The topological polar surface area (TPSA) is 200 Å². The van der Waals surface area contributed by atoms with Crippen LogP contribution < -0.4 is 27.4 Å². The summed E-state index contributed by atoms with van der Waals surface area (Å²) in [6.45, 7) is 5.62. The Morgan fingerprint density at radius 1 is 0.769 bits per heavy atom. The molecule has 1 aliphatic heterocycles. The zero-order valence-electron chi connectivity index (χ0n) is 30.8. The summed E-state index contributed by atoms with van der Waals surface area (Å²) in [7, 11) is -1.31. The highest BCUT2D eigenvalue weighted by molar-refractivity contribution is 6.43. The average molecular weight is 719 g/mol. The van der Waals surface area contributed by atoms with Crippen molar-refractivity contribution in [2.24, 2.45) is 22.8 Å². The van der Waals surface area contributed by atoms with Crippen molar-refractivity contribution in [3.05, 3.63) is 71.8 Å². The average Bonchev–Trinajstić information content (AvgIpc) is 3.11. The zero-order valence-corrected chi connectivity index (χ0v) is 30.8. The summed E-state index contributed by atoms with van der Waals surface area (Å²) in [6.07, 6.45) is 6.31. The van der Waals surface area contributed by atoms with Gasteiger partial charge >= 0.3 is 7.12 Å². The molecular formula is C39H59BN6O6. The molecule has 0 bridgehead atoms. The fourth-order valence-electron chi connectivity index (χ4n) is 7.46. The van der Waals surface area contributed by atoms with Crippen LogP contribution in [0.15, 0.2) is 60.7 Å². The van der Waals surface area contributed by atoms with E-state index in [4.69, 9.17) is 11.5 Å². The first-order valence-corrected chi connectivity index (χ1v) is 19.0. The smallest absolute Gasteiger partial charge is 0.427 e. The maximum Gasteiger partial charge on any atom is 0.454 e. The standard InChI is InChI=1S/C39H59BN6O6/c1-27(2)16-17-32(36(48)44-33(15-9-10-20-41)38(50)46-21-18-39(19-22-46)25-30(26-39)40(51)52)43-37(49)34(24-29-13-7-4-8-14-29)45-35(47)31(42)23-28-11-5-3-6-12-28/h3-8,11-14,27,30-34,51-52H,9-10,15-26,41-42H2,1-2H3,(H,43,49)(H,44,48)(H,45,47)/t31-,32-,33-,34-/m1/s1. The molecule has 2 aliphatic rings. The molecular weight excluding hydrogens is 659 g/mol. The van der Waals surface area contributed by atoms with Gasteiger partial charge in [-0.05, 0) is 99.0 Å². The fraction of sp³-hybridized carbons (Fsp3) is 0.590. The number of likely N-dealkylation sites (tertiary alicyclic amines) is 1. The number of nitrogens with two attached hydrogens (primary N) is 2. The summed E-state index contributed by atoms with van der Waals surface area (Å²) in [5, 5.41) is 27.9. The zero-order chi connectivity index (χ0) is 37.7. The van der Waals surface area contributed by atoms with Crippen LogP contribution in [-0.4, -0.2) is 89.5 Å². The third-order valence-electron chi connectivity index (χ3n) is 10.7. The van der Waals surface area contributed by atoms with Gasteiger partial charge in [0.1, 0.15) is 18.1 Å². The van der Waals surface area contributed by atoms with E-state index in [1.807, 2.05) is 74.5 Å². The molecule has 284 valence electrons. The van der Waals surface area contributed by atoms with E-state index < -0.39 is 49.0 Å². The van der Waals surface area contributed by atoms with Crippen LogP contribution in [-0.2, 0) is 32.0 Å². The Balaban J connectivity index is 1.46. The van der Waals surface area contributed by atoms with Crippen molar-refractivity contribution < 1.29 is 29.2 Å². The molecule has 12 nitrogen and oxygen atoms in total. The second-order valence-electron chi connectivity index (χ2n) is 15.3. The molecule has 4 rings (SSSR count). The maximum absolute atomic E-state index is 14.0. The van der Waals surface area contributed by atoms with Gasteiger partial charge in [0.25, 0.3) is 0 Å². The largest absolute Gasteiger partial charge is 0.454 e. The molecule has 0 radical (unpaired) electrons. The Morgan fingerprint density at radius 3 is 1.87 bits per heavy atom. The molecule has 0 unspecified atom stereocenters. The van der Waals surface area contributed by atoms with Crippen LogP contribution in [0.4, 0.5) is 0 Å². The summed E-state index contributed by atoms with van der Waals surface area (Å²) in [4.78, 5) is 57.0. The first-order chi connectivity index (χ1) is 24.9. The van der Waals surface area contributed by atoms with Crippen LogP contribution in [0.2, 0.25) is 5.82 Å². The molecule has 1 spiro atoms. The van der Waals surface area contributed by atoms with Gasteiger partial charge in [-0.3, -0.25) is 19.2 Å². The molecule has 52 heavy (non-hydrogen) atoms. The Hall–Kier alpha value is -3.78. The number of benzene rings is 2. The molecule has 1 saturated carbocycles. The second kappa shape index (κ2) is 19.9. The summed E-state index contributed by atoms with van der Waals surface area (Å²) in [5.74, 6) is -1.44. The third kappa shape index (κ3) is 12.1. The number of amides is 4.